The Labute approximate surface area is 135 Å². The lowest BCUT2D eigenvalue weighted by molar-refractivity contribution is -0.201. The number of hydrogen-bond acceptors (Lipinski definition) is 7. The summed E-state index contributed by atoms with van der Waals surface area (Å²) in [5.41, 5.74) is -1.02. The van der Waals surface area contributed by atoms with E-state index in [4.69, 9.17) is 18.9 Å². The molecule has 0 N–H and O–H groups in total. The molecule has 0 spiro atoms. The summed E-state index contributed by atoms with van der Waals surface area (Å²) in [4.78, 5) is 34.7. The third-order valence-corrected chi connectivity index (χ3v) is 3.97. The van der Waals surface area contributed by atoms with Crippen molar-refractivity contribution in [3.63, 3.8) is 0 Å². The summed E-state index contributed by atoms with van der Waals surface area (Å²) in [5, 5.41) is 0. The van der Waals surface area contributed by atoms with Crippen molar-refractivity contribution >= 4 is 17.9 Å². The number of carbonyl (C=O) groups excluding carboxylic acids is 3. The van der Waals surface area contributed by atoms with Crippen LogP contribution in [-0.4, -0.2) is 42.5 Å². The Morgan fingerprint density at radius 2 is 1.70 bits per heavy atom. The van der Waals surface area contributed by atoms with Crippen molar-refractivity contribution in [2.45, 2.75) is 59.0 Å². The van der Waals surface area contributed by atoms with Gasteiger partial charge in [-0.3, -0.25) is 9.59 Å². The molecule has 0 aromatic rings. The van der Waals surface area contributed by atoms with Crippen molar-refractivity contribution in [3.8, 4) is 0 Å². The van der Waals surface area contributed by atoms with Gasteiger partial charge >= 0.3 is 17.9 Å². The first-order valence-corrected chi connectivity index (χ1v) is 7.58. The molecule has 130 valence electrons. The van der Waals surface area contributed by atoms with Gasteiger partial charge in [-0.05, 0) is 13.3 Å². The van der Waals surface area contributed by atoms with E-state index >= 15 is 0 Å². The van der Waals surface area contributed by atoms with Crippen LogP contribution in [0.4, 0.5) is 0 Å². The van der Waals surface area contributed by atoms with Gasteiger partial charge in [0.15, 0.2) is 6.10 Å². The molecule has 0 radical (unpaired) electrons. The zero-order valence-electron chi connectivity index (χ0n) is 14.2. The van der Waals surface area contributed by atoms with Crippen LogP contribution in [0.3, 0.4) is 0 Å². The Morgan fingerprint density at radius 3 is 2.13 bits per heavy atom. The van der Waals surface area contributed by atoms with Gasteiger partial charge in [0.05, 0.1) is 12.2 Å². The van der Waals surface area contributed by atoms with Gasteiger partial charge < -0.3 is 18.9 Å². The van der Waals surface area contributed by atoms with Crippen LogP contribution in [0.1, 0.15) is 41.0 Å². The van der Waals surface area contributed by atoms with Crippen LogP contribution >= 0.6 is 0 Å². The standard InChI is InChI=1S/C16H24O7/c1-7-16(10(4)14(19)20-8-2)9(3)13(21-11(5)17)15(23-16)22-12(6)18/h9,13,15H,4,7-8H2,1-3,5-6H3/t9-,13-,15?,16+/m1/s1. The van der Waals surface area contributed by atoms with Crippen molar-refractivity contribution in [1.29, 1.82) is 0 Å². The third-order valence-electron chi connectivity index (χ3n) is 3.97. The predicted octanol–water partition coefficient (Wildman–Crippen LogP) is 1.74. The van der Waals surface area contributed by atoms with Gasteiger partial charge in [0.2, 0.25) is 6.29 Å². The maximum Gasteiger partial charge on any atom is 0.336 e. The Bertz CT molecular complexity index is 499. The Morgan fingerprint density at radius 1 is 1.13 bits per heavy atom. The molecule has 7 nitrogen and oxygen atoms in total. The summed E-state index contributed by atoms with van der Waals surface area (Å²) >= 11 is 0. The van der Waals surface area contributed by atoms with Gasteiger partial charge in [0.1, 0.15) is 5.60 Å². The minimum absolute atomic E-state index is 0.112. The first-order chi connectivity index (χ1) is 10.7. The summed E-state index contributed by atoms with van der Waals surface area (Å²) < 4.78 is 21.2. The summed E-state index contributed by atoms with van der Waals surface area (Å²) in [7, 11) is 0. The van der Waals surface area contributed by atoms with Gasteiger partial charge in [0.25, 0.3) is 0 Å². The number of rotatable bonds is 6. The van der Waals surface area contributed by atoms with Crippen molar-refractivity contribution in [3.05, 3.63) is 12.2 Å². The SMILES string of the molecule is C=C(C(=O)OCC)[C@@]1(CC)OC(OC(C)=O)[C@H](OC(C)=O)[C@H]1C. The van der Waals surface area contributed by atoms with Gasteiger partial charge in [-0.25, -0.2) is 4.79 Å². The molecule has 0 bridgehead atoms. The smallest absolute Gasteiger partial charge is 0.336 e. The second kappa shape index (κ2) is 7.59. The van der Waals surface area contributed by atoms with Crippen LogP contribution in [0.25, 0.3) is 0 Å². The molecular weight excluding hydrogens is 304 g/mol. The zero-order chi connectivity index (χ0) is 17.8. The molecule has 0 aliphatic carbocycles. The minimum Gasteiger partial charge on any atom is -0.463 e. The first kappa shape index (κ1) is 19.2. The van der Waals surface area contributed by atoms with Crippen molar-refractivity contribution in [2.24, 2.45) is 5.92 Å². The zero-order valence-corrected chi connectivity index (χ0v) is 14.2. The van der Waals surface area contributed by atoms with Crippen molar-refractivity contribution in [2.75, 3.05) is 6.61 Å². The molecule has 1 rings (SSSR count). The molecule has 0 aromatic heterocycles. The molecule has 0 aromatic carbocycles. The number of hydrogen-bond donors (Lipinski definition) is 0. The predicted molar refractivity (Wildman–Crippen MR) is 80.2 cm³/mol. The molecule has 23 heavy (non-hydrogen) atoms. The van der Waals surface area contributed by atoms with E-state index in [0.717, 1.165) is 0 Å². The second-order valence-electron chi connectivity index (χ2n) is 5.40. The van der Waals surface area contributed by atoms with E-state index in [1.54, 1.807) is 13.8 Å². The van der Waals surface area contributed by atoms with E-state index in [1.165, 1.54) is 13.8 Å². The highest BCUT2D eigenvalue weighted by atomic mass is 16.7. The molecule has 7 heteroatoms. The van der Waals surface area contributed by atoms with Crippen LogP contribution in [0, 0.1) is 5.92 Å². The average Bonchev–Trinajstić information content (AvgIpc) is 2.71. The van der Waals surface area contributed by atoms with Crippen LogP contribution in [0.2, 0.25) is 0 Å². The molecule has 1 unspecified atom stereocenters. The van der Waals surface area contributed by atoms with E-state index in [9.17, 15) is 14.4 Å². The lowest BCUT2D eigenvalue weighted by atomic mass is 9.79. The topological polar surface area (TPSA) is 88.1 Å². The molecule has 1 saturated heterocycles. The highest BCUT2D eigenvalue weighted by Crippen LogP contribution is 2.45. The van der Waals surface area contributed by atoms with Gasteiger partial charge in [-0.1, -0.05) is 20.4 Å². The third kappa shape index (κ3) is 3.90. The normalized spacial score (nSPS) is 29.7. The fourth-order valence-electron chi connectivity index (χ4n) is 2.84. The van der Waals surface area contributed by atoms with E-state index in [-0.39, 0.29) is 12.2 Å². The molecular formula is C16H24O7. The van der Waals surface area contributed by atoms with E-state index < -0.39 is 41.8 Å². The van der Waals surface area contributed by atoms with Crippen LogP contribution < -0.4 is 0 Å². The lowest BCUT2D eigenvalue weighted by Crippen LogP contribution is -2.41. The van der Waals surface area contributed by atoms with Crippen molar-refractivity contribution < 1.29 is 33.3 Å². The van der Waals surface area contributed by atoms with E-state index in [1.807, 2.05) is 6.92 Å². The van der Waals surface area contributed by atoms with E-state index in [2.05, 4.69) is 6.58 Å². The van der Waals surface area contributed by atoms with Crippen molar-refractivity contribution in [1.82, 2.24) is 0 Å². The van der Waals surface area contributed by atoms with Crippen LogP contribution in [-0.2, 0) is 33.3 Å². The highest BCUT2D eigenvalue weighted by Gasteiger charge is 2.58. The fraction of sp³-hybridized carbons (Fsp3) is 0.688. The Kier molecular flexibility index (Phi) is 6.32. The Hall–Kier alpha value is -1.89. The van der Waals surface area contributed by atoms with Crippen LogP contribution in [0.15, 0.2) is 12.2 Å². The molecule has 1 heterocycles. The largest absolute Gasteiger partial charge is 0.463 e. The monoisotopic (exact) mass is 328 g/mol. The number of carbonyl (C=O) groups is 3. The number of esters is 3. The second-order valence-corrected chi connectivity index (χ2v) is 5.40. The highest BCUT2D eigenvalue weighted by molar-refractivity contribution is 5.90. The van der Waals surface area contributed by atoms with Gasteiger partial charge in [0, 0.05) is 19.8 Å². The maximum atomic E-state index is 12.1. The molecule has 0 saturated carbocycles. The minimum atomic E-state index is -1.13. The molecule has 1 aliphatic heterocycles. The summed E-state index contributed by atoms with van der Waals surface area (Å²) in [6, 6.07) is 0. The van der Waals surface area contributed by atoms with Crippen LogP contribution in [0.5, 0.6) is 0 Å². The average molecular weight is 328 g/mol. The molecule has 1 aliphatic rings. The number of ether oxygens (including phenoxy) is 4. The summed E-state index contributed by atoms with van der Waals surface area (Å²) in [6.07, 6.45) is -1.55. The fourth-order valence-corrected chi connectivity index (χ4v) is 2.84. The van der Waals surface area contributed by atoms with Gasteiger partial charge in [-0.2, -0.15) is 0 Å². The Balaban J connectivity index is 3.17. The molecule has 1 fully saturated rings. The maximum absolute atomic E-state index is 12.1. The molecule has 0 amide bonds. The summed E-state index contributed by atoms with van der Waals surface area (Å²) in [6.45, 7) is 11.7. The lowest BCUT2D eigenvalue weighted by Gasteiger charge is -2.32. The summed E-state index contributed by atoms with van der Waals surface area (Å²) in [5.74, 6) is -2.15. The first-order valence-electron chi connectivity index (χ1n) is 7.58. The van der Waals surface area contributed by atoms with E-state index in [0.29, 0.717) is 6.42 Å². The molecule has 4 atom stereocenters. The quantitative estimate of drug-likeness (QED) is 0.417. The van der Waals surface area contributed by atoms with Gasteiger partial charge in [-0.15, -0.1) is 0 Å².